The third-order valence-corrected chi connectivity index (χ3v) is 4.86. The lowest BCUT2D eigenvalue weighted by Crippen LogP contribution is -2.51. The molecule has 2 N–H and O–H groups in total. The van der Waals surface area contributed by atoms with Crippen molar-refractivity contribution >= 4 is 32.9 Å². The second kappa shape index (κ2) is 5.05. The normalized spacial score (nSPS) is 23.6. The molecule has 0 amide bonds. The molecule has 5 heteroatoms. The summed E-state index contributed by atoms with van der Waals surface area (Å²) in [6.45, 7) is 7.11. The van der Waals surface area contributed by atoms with Crippen molar-refractivity contribution in [1.82, 2.24) is 4.90 Å². The zero-order valence-corrected chi connectivity index (χ0v) is 14.1. The van der Waals surface area contributed by atoms with Gasteiger partial charge in [0.05, 0.1) is 6.54 Å². The van der Waals surface area contributed by atoms with Crippen LogP contribution in [-0.4, -0.2) is 23.4 Å². The summed E-state index contributed by atoms with van der Waals surface area (Å²) < 4.78 is 7.14. The van der Waals surface area contributed by atoms with E-state index in [4.69, 9.17) is 10.2 Å². The Labute approximate surface area is 133 Å². The number of rotatable bonds is 3. The van der Waals surface area contributed by atoms with Crippen molar-refractivity contribution in [2.75, 3.05) is 6.54 Å². The van der Waals surface area contributed by atoms with Gasteiger partial charge in [-0.3, -0.25) is 4.99 Å². The number of halogens is 1. The molecule has 2 aromatic rings. The van der Waals surface area contributed by atoms with Crippen LogP contribution >= 0.6 is 15.9 Å². The highest BCUT2D eigenvalue weighted by molar-refractivity contribution is 9.10. The number of hydrogen-bond donors (Lipinski definition) is 1. The van der Waals surface area contributed by atoms with Gasteiger partial charge in [0.15, 0.2) is 5.96 Å². The molecule has 0 saturated carbocycles. The van der Waals surface area contributed by atoms with Gasteiger partial charge >= 0.3 is 0 Å². The van der Waals surface area contributed by atoms with E-state index >= 15 is 0 Å². The van der Waals surface area contributed by atoms with Crippen LogP contribution in [0.5, 0.6) is 0 Å². The second-order valence-electron chi connectivity index (χ2n) is 5.87. The summed E-state index contributed by atoms with van der Waals surface area (Å²) in [5.74, 6) is 1.52. The highest BCUT2D eigenvalue weighted by Gasteiger charge is 2.44. The zero-order valence-electron chi connectivity index (χ0n) is 12.6. The van der Waals surface area contributed by atoms with Crippen molar-refractivity contribution in [3.8, 4) is 0 Å². The Hall–Kier alpha value is -1.49. The SMILES string of the molecule is CCC(C)N1C(N)=NCC1(C)c1cc2cc(Br)ccc2o1. The minimum atomic E-state index is -0.314. The molecule has 0 fully saturated rings. The fourth-order valence-electron chi connectivity index (χ4n) is 3.01. The van der Waals surface area contributed by atoms with E-state index in [1.807, 2.05) is 12.1 Å². The van der Waals surface area contributed by atoms with Gasteiger partial charge in [0.25, 0.3) is 0 Å². The van der Waals surface area contributed by atoms with Gasteiger partial charge < -0.3 is 15.1 Å². The van der Waals surface area contributed by atoms with Crippen LogP contribution in [0.4, 0.5) is 0 Å². The van der Waals surface area contributed by atoms with Crippen molar-refractivity contribution in [1.29, 1.82) is 0 Å². The van der Waals surface area contributed by atoms with Gasteiger partial charge in [-0.2, -0.15) is 0 Å². The standard InChI is InChI=1S/C16H20BrN3O/c1-4-10(2)20-15(18)19-9-16(20,3)14-8-11-7-12(17)5-6-13(11)21-14/h5-8,10H,4,9H2,1-3H3,(H2,18,19). The quantitative estimate of drug-likeness (QED) is 0.915. The number of nitrogens with zero attached hydrogens (tertiary/aromatic N) is 2. The lowest BCUT2D eigenvalue weighted by Gasteiger charge is -2.38. The highest BCUT2D eigenvalue weighted by Crippen LogP contribution is 2.38. The van der Waals surface area contributed by atoms with Crippen molar-refractivity contribution in [2.24, 2.45) is 10.7 Å². The zero-order chi connectivity index (χ0) is 15.2. The highest BCUT2D eigenvalue weighted by atomic mass is 79.9. The average Bonchev–Trinajstić information content (AvgIpc) is 3.00. The molecule has 2 heterocycles. The summed E-state index contributed by atoms with van der Waals surface area (Å²) in [6.07, 6.45) is 1.01. The first-order valence-corrected chi connectivity index (χ1v) is 8.04. The van der Waals surface area contributed by atoms with Gasteiger partial charge in [-0.1, -0.05) is 22.9 Å². The lowest BCUT2D eigenvalue weighted by molar-refractivity contribution is 0.146. The molecule has 112 valence electrons. The summed E-state index contributed by atoms with van der Waals surface area (Å²) in [5, 5.41) is 1.09. The number of furan rings is 1. The van der Waals surface area contributed by atoms with E-state index < -0.39 is 0 Å². The number of hydrogen-bond acceptors (Lipinski definition) is 4. The van der Waals surface area contributed by atoms with E-state index in [2.05, 4.69) is 58.7 Å². The van der Waals surface area contributed by atoms with E-state index in [-0.39, 0.29) is 5.54 Å². The Balaban J connectivity index is 2.07. The maximum atomic E-state index is 6.11. The molecule has 21 heavy (non-hydrogen) atoms. The molecular weight excluding hydrogens is 330 g/mol. The number of nitrogens with two attached hydrogens (primary N) is 1. The molecule has 0 radical (unpaired) electrons. The van der Waals surface area contributed by atoms with Crippen LogP contribution in [0.1, 0.15) is 33.0 Å². The van der Waals surface area contributed by atoms with E-state index in [1.165, 1.54) is 0 Å². The molecule has 0 bridgehead atoms. The Bertz CT molecular complexity index is 709. The van der Waals surface area contributed by atoms with Crippen LogP contribution in [0.3, 0.4) is 0 Å². The molecular formula is C16H20BrN3O. The van der Waals surface area contributed by atoms with Gasteiger partial charge in [0, 0.05) is 15.9 Å². The average molecular weight is 350 g/mol. The van der Waals surface area contributed by atoms with Gasteiger partial charge in [0.1, 0.15) is 16.9 Å². The van der Waals surface area contributed by atoms with Crippen LogP contribution in [-0.2, 0) is 5.54 Å². The third-order valence-electron chi connectivity index (χ3n) is 4.37. The molecule has 2 unspecified atom stereocenters. The van der Waals surface area contributed by atoms with Crippen molar-refractivity contribution in [2.45, 2.75) is 38.8 Å². The molecule has 2 atom stereocenters. The van der Waals surface area contributed by atoms with Crippen molar-refractivity contribution in [3.63, 3.8) is 0 Å². The van der Waals surface area contributed by atoms with E-state index in [1.54, 1.807) is 0 Å². The molecule has 1 aromatic carbocycles. The second-order valence-corrected chi connectivity index (χ2v) is 6.78. The van der Waals surface area contributed by atoms with Crippen LogP contribution in [0, 0.1) is 0 Å². The third kappa shape index (κ3) is 2.24. The van der Waals surface area contributed by atoms with E-state index in [9.17, 15) is 0 Å². The summed E-state index contributed by atoms with van der Waals surface area (Å²) in [5.41, 5.74) is 6.69. The van der Waals surface area contributed by atoms with Crippen LogP contribution in [0.15, 0.2) is 38.1 Å². The molecule has 0 saturated heterocycles. The fourth-order valence-corrected chi connectivity index (χ4v) is 3.39. The maximum Gasteiger partial charge on any atom is 0.192 e. The Kier molecular flexibility index (Phi) is 3.48. The molecule has 0 aliphatic carbocycles. The monoisotopic (exact) mass is 349 g/mol. The predicted octanol–water partition coefficient (Wildman–Crippen LogP) is 3.84. The predicted molar refractivity (Wildman–Crippen MR) is 89.3 cm³/mol. The topological polar surface area (TPSA) is 54.8 Å². The first-order chi connectivity index (χ1) is 9.95. The summed E-state index contributed by atoms with van der Waals surface area (Å²) in [6, 6.07) is 8.46. The smallest absolute Gasteiger partial charge is 0.192 e. The molecule has 4 nitrogen and oxygen atoms in total. The van der Waals surface area contributed by atoms with E-state index in [0.29, 0.717) is 18.5 Å². The molecule has 3 rings (SSSR count). The molecule has 0 spiro atoms. The molecule has 1 aromatic heterocycles. The van der Waals surface area contributed by atoms with Gasteiger partial charge in [0.2, 0.25) is 0 Å². The number of fused-ring (bicyclic) bond motifs is 1. The van der Waals surface area contributed by atoms with Crippen molar-refractivity contribution in [3.05, 3.63) is 34.5 Å². The minimum Gasteiger partial charge on any atom is -0.458 e. The lowest BCUT2D eigenvalue weighted by atomic mass is 9.95. The fraction of sp³-hybridized carbons (Fsp3) is 0.438. The molecule has 1 aliphatic heterocycles. The minimum absolute atomic E-state index is 0.314. The van der Waals surface area contributed by atoms with Crippen LogP contribution < -0.4 is 5.73 Å². The number of benzene rings is 1. The Morgan fingerprint density at radius 2 is 2.24 bits per heavy atom. The van der Waals surface area contributed by atoms with Crippen molar-refractivity contribution < 1.29 is 4.42 Å². The van der Waals surface area contributed by atoms with Gasteiger partial charge in [-0.25, -0.2) is 0 Å². The van der Waals surface area contributed by atoms with Gasteiger partial charge in [-0.15, -0.1) is 0 Å². The Morgan fingerprint density at radius 3 is 2.95 bits per heavy atom. The number of guanidine groups is 1. The summed E-state index contributed by atoms with van der Waals surface area (Å²) in [7, 11) is 0. The summed E-state index contributed by atoms with van der Waals surface area (Å²) in [4.78, 5) is 6.64. The first-order valence-electron chi connectivity index (χ1n) is 7.24. The van der Waals surface area contributed by atoms with Gasteiger partial charge in [-0.05, 0) is 44.5 Å². The number of aliphatic imine (C=N–C) groups is 1. The van der Waals surface area contributed by atoms with Crippen LogP contribution in [0.2, 0.25) is 0 Å². The first kappa shape index (κ1) is 14.4. The Morgan fingerprint density at radius 1 is 1.48 bits per heavy atom. The largest absolute Gasteiger partial charge is 0.458 e. The maximum absolute atomic E-state index is 6.11. The summed E-state index contributed by atoms with van der Waals surface area (Å²) >= 11 is 3.50. The van der Waals surface area contributed by atoms with Crippen LogP contribution in [0.25, 0.3) is 11.0 Å². The van der Waals surface area contributed by atoms with E-state index in [0.717, 1.165) is 27.6 Å². The molecule has 1 aliphatic rings.